The Morgan fingerprint density at radius 3 is 1.71 bits per heavy atom. The van der Waals surface area contributed by atoms with Crippen molar-refractivity contribution in [3.05, 3.63) is 24.8 Å². The number of carbonyl (C=O) groups is 2. The van der Waals surface area contributed by atoms with Gasteiger partial charge in [0.05, 0.1) is 24.0 Å². The predicted octanol–water partition coefficient (Wildman–Crippen LogP) is 8.71. The van der Waals surface area contributed by atoms with Crippen LogP contribution in [-0.2, 0) is 32.0 Å². The first-order valence-corrected chi connectivity index (χ1v) is 18.6. The quantitative estimate of drug-likeness (QED) is 0.161. The fraction of sp³-hybridized carbons (Fsp3) is 0.769. The summed E-state index contributed by atoms with van der Waals surface area (Å²) in [5.41, 5.74) is -0.582. The van der Waals surface area contributed by atoms with Crippen LogP contribution < -0.4 is 0 Å². The van der Waals surface area contributed by atoms with E-state index in [1.807, 2.05) is 39.0 Å². The van der Waals surface area contributed by atoms with Crippen LogP contribution in [0.15, 0.2) is 24.8 Å². The van der Waals surface area contributed by atoms with Crippen LogP contribution in [-0.4, -0.2) is 25.2 Å². The summed E-state index contributed by atoms with van der Waals surface area (Å²) >= 11 is -1.66. The van der Waals surface area contributed by atoms with Gasteiger partial charge in [-0.15, -0.1) is 6.58 Å². The van der Waals surface area contributed by atoms with E-state index in [1.54, 1.807) is 0 Å². The van der Waals surface area contributed by atoms with Crippen molar-refractivity contribution in [1.29, 1.82) is 0 Å². The first-order chi connectivity index (χ1) is 16.0. The number of allylic oxidation sites excluding steroid dienone is 2. The Morgan fingerprint density at radius 2 is 1.32 bits per heavy atom. The van der Waals surface area contributed by atoms with E-state index in [2.05, 4.69) is 20.4 Å². The van der Waals surface area contributed by atoms with E-state index >= 15 is 0 Å². The predicted molar refractivity (Wildman–Crippen MR) is 141 cm³/mol. The molecule has 0 N–H and O–H groups in total. The van der Waals surface area contributed by atoms with Gasteiger partial charge >= 0.3 is 54.0 Å². The Bertz CT molecular complexity index is 621. The van der Waals surface area contributed by atoms with Crippen LogP contribution >= 0.6 is 29.1 Å². The van der Waals surface area contributed by atoms with E-state index in [1.165, 1.54) is 0 Å². The second-order valence-corrected chi connectivity index (χ2v) is 16.8. The van der Waals surface area contributed by atoms with Crippen LogP contribution in [0, 0.1) is 22.7 Å². The fourth-order valence-corrected chi connectivity index (χ4v) is 4.68. The summed E-state index contributed by atoms with van der Waals surface area (Å²) < 4.78 is 10.4. The van der Waals surface area contributed by atoms with Crippen molar-refractivity contribution in [1.82, 2.24) is 0 Å². The van der Waals surface area contributed by atoms with E-state index in [-0.39, 0.29) is 22.8 Å². The van der Waals surface area contributed by atoms with Gasteiger partial charge in [0, 0.05) is 0 Å². The van der Waals surface area contributed by atoms with Crippen molar-refractivity contribution < 1.29 is 32.0 Å². The van der Waals surface area contributed by atoms with Gasteiger partial charge < -0.3 is 9.47 Å². The van der Waals surface area contributed by atoms with Crippen LogP contribution in [0.2, 0.25) is 0 Å². The van der Waals surface area contributed by atoms with Gasteiger partial charge in [-0.3, -0.25) is 9.59 Å². The summed E-state index contributed by atoms with van der Waals surface area (Å²) in [5.74, 6) is 1.45. The number of halogens is 3. The first kappa shape index (κ1) is 33.9. The molecule has 0 atom stereocenters. The van der Waals surface area contributed by atoms with Crippen LogP contribution in [0.4, 0.5) is 0 Å². The zero-order valence-corrected chi connectivity index (χ0v) is 25.4. The number of ether oxygens (including phenoxy) is 2. The number of esters is 2. The zero-order chi connectivity index (χ0) is 26.2. The Balaban J connectivity index is 0.000000554. The van der Waals surface area contributed by atoms with Gasteiger partial charge in [-0.25, -0.2) is 0 Å². The van der Waals surface area contributed by atoms with Crippen molar-refractivity contribution in [3.8, 4) is 0 Å². The van der Waals surface area contributed by atoms with Crippen molar-refractivity contribution in [3.63, 3.8) is 0 Å². The molecule has 0 spiro atoms. The molecule has 0 aliphatic heterocycles. The van der Waals surface area contributed by atoms with Crippen molar-refractivity contribution in [2.24, 2.45) is 22.7 Å². The maximum atomic E-state index is 11.9. The zero-order valence-electron chi connectivity index (χ0n) is 21.5. The molecule has 2 saturated carbocycles. The molecule has 0 heterocycles. The third-order valence-corrected chi connectivity index (χ3v) is 6.81. The Morgan fingerprint density at radius 1 is 0.912 bits per heavy atom. The van der Waals surface area contributed by atoms with E-state index in [0.29, 0.717) is 13.2 Å². The Hall–Kier alpha value is -0.0866. The van der Waals surface area contributed by atoms with Gasteiger partial charge in [0.1, 0.15) is 0 Å². The summed E-state index contributed by atoms with van der Waals surface area (Å²) in [6.45, 7) is 14.9. The van der Waals surface area contributed by atoms with E-state index in [0.717, 1.165) is 69.6 Å². The summed E-state index contributed by atoms with van der Waals surface area (Å²) in [7, 11) is 14.8. The second-order valence-electron chi connectivity index (χ2n) is 9.38. The Labute approximate surface area is 225 Å². The van der Waals surface area contributed by atoms with Crippen molar-refractivity contribution >= 4 is 41.0 Å². The minimum absolute atomic E-state index is 0.0169. The first-order valence-electron chi connectivity index (χ1n) is 12.3. The van der Waals surface area contributed by atoms with Gasteiger partial charge in [0.25, 0.3) is 0 Å². The van der Waals surface area contributed by atoms with E-state index in [9.17, 15) is 9.59 Å². The molecule has 0 amide bonds. The fourth-order valence-electron chi connectivity index (χ4n) is 4.68. The molecular weight excluding hydrogens is 586 g/mol. The number of carbonyl (C=O) groups excluding carboxylic acids is 2. The van der Waals surface area contributed by atoms with Crippen molar-refractivity contribution in [2.75, 3.05) is 13.2 Å². The minimum atomic E-state index is -1.66. The third kappa shape index (κ3) is 12.2. The van der Waals surface area contributed by atoms with Gasteiger partial charge in [-0.2, -0.15) is 0 Å². The molecule has 0 aromatic heterocycles. The molecule has 0 aromatic carbocycles. The van der Waals surface area contributed by atoms with Crippen molar-refractivity contribution in [2.45, 2.75) is 92.4 Å². The molecule has 34 heavy (non-hydrogen) atoms. The molecule has 2 rings (SSSR count). The Kier molecular flexibility index (Phi) is 18.2. The monoisotopic (exact) mass is 628 g/mol. The normalized spacial score (nSPS) is 29.0. The molecule has 8 heteroatoms. The van der Waals surface area contributed by atoms with Gasteiger partial charge in [-0.05, 0) is 90.4 Å². The molecule has 202 valence electrons. The third-order valence-electron chi connectivity index (χ3n) is 6.81. The van der Waals surface area contributed by atoms with Crippen LogP contribution in [0.5, 0.6) is 0 Å². The molecule has 2 fully saturated rings. The second kappa shape index (κ2) is 18.2. The van der Waals surface area contributed by atoms with Crippen LogP contribution in [0.25, 0.3) is 0 Å². The van der Waals surface area contributed by atoms with Gasteiger partial charge in [0.15, 0.2) is 0 Å². The summed E-state index contributed by atoms with van der Waals surface area (Å²) in [5, 5.41) is 0. The molecule has 0 aromatic rings. The molecule has 0 saturated heterocycles. The standard InChI is InChI=1S/2C13H22O2.3ClH.Rh/c2*1-4-8-13(12(14)15-5-2)9-6-11(3)7-10-13;;;;/h4,8,11H,5-7,9-10H2,1-3H3;4,11H,1,5-10H2,2-3H3;3*1H;/q;;;;;+3/p-3/b8-4+;;;;;. The topological polar surface area (TPSA) is 52.6 Å². The maximum absolute atomic E-state index is 11.9. The number of hydrogen-bond acceptors (Lipinski definition) is 4. The average Bonchev–Trinajstić information content (AvgIpc) is 2.78. The molecule has 2 aliphatic carbocycles. The average molecular weight is 630 g/mol. The molecule has 2 aliphatic rings. The van der Waals surface area contributed by atoms with Crippen LogP contribution in [0.3, 0.4) is 0 Å². The number of hydrogen-bond donors (Lipinski definition) is 0. The van der Waals surface area contributed by atoms with E-state index in [4.69, 9.17) is 38.5 Å². The molecular formula is C26H44Cl3O4Rh. The summed E-state index contributed by atoms with van der Waals surface area (Å²) in [4.78, 5) is 23.9. The number of rotatable bonds is 7. The van der Waals surface area contributed by atoms with Gasteiger partial charge in [0.2, 0.25) is 0 Å². The SMILES string of the molecule is C/C=C/C1(C(=O)OCC)CCC(C)CC1.C=CCC1(C(=O)OCC)CCC(C)CC1.[Cl][Rh]([Cl])[Cl]. The summed E-state index contributed by atoms with van der Waals surface area (Å²) in [6, 6.07) is 0. The molecule has 0 bridgehead atoms. The summed E-state index contributed by atoms with van der Waals surface area (Å²) in [6.07, 6.45) is 15.0. The van der Waals surface area contributed by atoms with Gasteiger partial charge in [-0.1, -0.05) is 32.1 Å². The molecule has 0 radical (unpaired) electrons. The molecule has 4 nitrogen and oxygen atoms in total. The molecule has 0 unspecified atom stereocenters. The van der Waals surface area contributed by atoms with E-state index < -0.39 is 13.0 Å². The van der Waals surface area contributed by atoms with Crippen LogP contribution in [0.1, 0.15) is 92.4 Å².